The third-order valence-corrected chi connectivity index (χ3v) is 2.73. The first kappa shape index (κ1) is 8.93. The van der Waals surface area contributed by atoms with Crippen LogP contribution in [0.25, 0.3) is 21.9 Å². The second-order valence-electron chi connectivity index (χ2n) is 3.85. The van der Waals surface area contributed by atoms with Gasteiger partial charge in [-0.25, -0.2) is 4.98 Å². The number of hydrogen-bond acceptors (Lipinski definition) is 2. The maximum atomic E-state index is 8.87. The van der Waals surface area contributed by atoms with E-state index in [1.165, 1.54) is 0 Å². The molecule has 76 valence electrons. The lowest BCUT2D eigenvalue weighted by Crippen LogP contribution is -1.79. The quantitative estimate of drug-likeness (QED) is 0.616. The molecule has 0 aliphatic carbocycles. The van der Waals surface area contributed by atoms with Gasteiger partial charge in [0.25, 0.3) is 0 Å². The molecule has 2 aromatic heterocycles. The van der Waals surface area contributed by atoms with Crippen molar-refractivity contribution in [2.24, 2.45) is 0 Å². The van der Waals surface area contributed by atoms with Gasteiger partial charge in [-0.1, -0.05) is 0 Å². The molecule has 0 radical (unpaired) electrons. The van der Waals surface area contributed by atoms with E-state index in [9.17, 15) is 0 Å². The van der Waals surface area contributed by atoms with Crippen LogP contribution in [-0.4, -0.2) is 9.97 Å². The third kappa shape index (κ3) is 1.17. The third-order valence-electron chi connectivity index (χ3n) is 2.73. The molecule has 1 N–H and O–H groups in total. The van der Waals surface area contributed by atoms with Gasteiger partial charge in [-0.15, -0.1) is 0 Å². The van der Waals surface area contributed by atoms with E-state index in [0.29, 0.717) is 5.56 Å². The SMILES string of the molecule is Cc1ccc2c(n1)[nH]c1ccc(C#N)cc12. The van der Waals surface area contributed by atoms with Crippen LogP contribution < -0.4 is 0 Å². The van der Waals surface area contributed by atoms with Crippen molar-refractivity contribution in [2.45, 2.75) is 6.92 Å². The van der Waals surface area contributed by atoms with Crippen molar-refractivity contribution in [3.05, 3.63) is 41.6 Å². The monoisotopic (exact) mass is 207 g/mol. The zero-order valence-electron chi connectivity index (χ0n) is 8.78. The summed E-state index contributed by atoms with van der Waals surface area (Å²) in [5, 5.41) is 11.0. The van der Waals surface area contributed by atoms with Crippen LogP contribution in [0, 0.1) is 18.3 Å². The van der Waals surface area contributed by atoms with Crippen molar-refractivity contribution in [2.75, 3.05) is 0 Å². The molecule has 0 saturated heterocycles. The summed E-state index contributed by atoms with van der Waals surface area (Å²) in [6.07, 6.45) is 0. The summed E-state index contributed by atoms with van der Waals surface area (Å²) in [6.45, 7) is 1.96. The molecule has 0 aliphatic heterocycles. The Kier molecular flexibility index (Phi) is 1.72. The Bertz CT molecular complexity index is 732. The first-order chi connectivity index (χ1) is 7.78. The molecule has 3 rings (SSSR count). The van der Waals surface area contributed by atoms with Gasteiger partial charge in [-0.05, 0) is 37.3 Å². The molecule has 0 aliphatic rings. The van der Waals surface area contributed by atoms with Crippen LogP contribution in [0.4, 0.5) is 0 Å². The van der Waals surface area contributed by atoms with Crippen LogP contribution in [0.1, 0.15) is 11.3 Å². The highest BCUT2D eigenvalue weighted by molar-refractivity contribution is 6.06. The number of pyridine rings is 1. The second-order valence-corrected chi connectivity index (χ2v) is 3.85. The predicted molar refractivity (Wildman–Crippen MR) is 63.1 cm³/mol. The van der Waals surface area contributed by atoms with Gasteiger partial charge in [-0.3, -0.25) is 0 Å². The Morgan fingerprint density at radius 2 is 2.06 bits per heavy atom. The summed E-state index contributed by atoms with van der Waals surface area (Å²) in [6, 6.07) is 11.8. The molecule has 16 heavy (non-hydrogen) atoms. The maximum Gasteiger partial charge on any atom is 0.138 e. The van der Waals surface area contributed by atoms with Crippen LogP contribution in [0.5, 0.6) is 0 Å². The lowest BCUT2D eigenvalue weighted by atomic mass is 10.1. The molecule has 3 heteroatoms. The largest absolute Gasteiger partial charge is 0.339 e. The number of rotatable bonds is 0. The molecule has 0 unspecified atom stereocenters. The van der Waals surface area contributed by atoms with Gasteiger partial charge in [0.05, 0.1) is 11.6 Å². The molecule has 0 atom stereocenters. The number of nitrogens with zero attached hydrogens (tertiary/aromatic N) is 2. The summed E-state index contributed by atoms with van der Waals surface area (Å²) in [4.78, 5) is 7.68. The molecule has 0 saturated carbocycles. The minimum Gasteiger partial charge on any atom is -0.339 e. The number of H-pyrrole nitrogens is 1. The average molecular weight is 207 g/mol. The first-order valence-electron chi connectivity index (χ1n) is 5.07. The van der Waals surface area contributed by atoms with Crippen molar-refractivity contribution in [3.63, 3.8) is 0 Å². The lowest BCUT2D eigenvalue weighted by molar-refractivity contribution is 1.23. The van der Waals surface area contributed by atoms with Crippen LogP contribution >= 0.6 is 0 Å². The highest BCUT2D eigenvalue weighted by Crippen LogP contribution is 2.25. The first-order valence-corrected chi connectivity index (χ1v) is 5.07. The average Bonchev–Trinajstić information content (AvgIpc) is 2.65. The zero-order chi connectivity index (χ0) is 11.1. The highest BCUT2D eigenvalue weighted by atomic mass is 14.9. The van der Waals surface area contributed by atoms with Gasteiger partial charge >= 0.3 is 0 Å². The minimum atomic E-state index is 0.675. The number of nitrogens with one attached hydrogen (secondary N) is 1. The fourth-order valence-electron chi connectivity index (χ4n) is 1.94. The molecule has 3 nitrogen and oxygen atoms in total. The van der Waals surface area contributed by atoms with E-state index in [4.69, 9.17) is 5.26 Å². The number of nitriles is 1. The van der Waals surface area contributed by atoms with Gasteiger partial charge in [0.15, 0.2) is 0 Å². The standard InChI is InChI=1S/C13H9N3/c1-8-2-4-10-11-6-9(7-14)3-5-12(11)16-13(10)15-8/h2-6H,1H3,(H,15,16). The van der Waals surface area contributed by atoms with Crippen molar-refractivity contribution < 1.29 is 0 Å². The Balaban J connectivity index is 2.48. The maximum absolute atomic E-state index is 8.87. The van der Waals surface area contributed by atoms with E-state index < -0.39 is 0 Å². The summed E-state index contributed by atoms with van der Waals surface area (Å²) in [7, 11) is 0. The number of benzene rings is 1. The number of fused-ring (bicyclic) bond motifs is 3. The van der Waals surface area contributed by atoms with Crippen molar-refractivity contribution in [3.8, 4) is 6.07 Å². The molecule has 0 amide bonds. The molecular formula is C13H9N3. The van der Waals surface area contributed by atoms with Gasteiger partial charge in [0.2, 0.25) is 0 Å². The van der Waals surface area contributed by atoms with Gasteiger partial charge in [-0.2, -0.15) is 5.26 Å². The lowest BCUT2D eigenvalue weighted by Gasteiger charge is -1.92. The number of aromatic amines is 1. The van der Waals surface area contributed by atoms with Crippen molar-refractivity contribution in [1.29, 1.82) is 5.26 Å². The van der Waals surface area contributed by atoms with E-state index in [2.05, 4.69) is 16.0 Å². The number of hydrogen-bond donors (Lipinski definition) is 1. The van der Waals surface area contributed by atoms with Crippen LogP contribution in [-0.2, 0) is 0 Å². The smallest absolute Gasteiger partial charge is 0.138 e. The summed E-state index contributed by atoms with van der Waals surface area (Å²) in [5.41, 5.74) is 3.56. The molecule has 0 spiro atoms. The summed E-state index contributed by atoms with van der Waals surface area (Å²) >= 11 is 0. The van der Waals surface area contributed by atoms with E-state index in [1.54, 1.807) is 0 Å². The minimum absolute atomic E-state index is 0.675. The van der Waals surface area contributed by atoms with E-state index in [1.807, 2.05) is 37.3 Å². The van der Waals surface area contributed by atoms with E-state index in [0.717, 1.165) is 27.6 Å². The molecular weight excluding hydrogens is 198 g/mol. The van der Waals surface area contributed by atoms with Gasteiger partial charge in [0, 0.05) is 22.0 Å². The Morgan fingerprint density at radius 3 is 2.88 bits per heavy atom. The topological polar surface area (TPSA) is 52.5 Å². The molecule has 2 heterocycles. The van der Waals surface area contributed by atoms with Gasteiger partial charge < -0.3 is 4.98 Å². The molecule has 3 aromatic rings. The molecule has 0 bridgehead atoms. The highest BCUT2D eigenvalue weighted by Gasteiger charge is 2.05. The number of aromatic nitrogens is 2. The van der Waals surface area contributed by atoms with Crippen LogP contribution in [0.3, 0.4) is 0 Å². The fourth-order valence-corrected chi connectivity index (χ4v) is 1.94. The Labute approximate surface area is 92.3 Å². The summed E-state index contributed by atoms with van der Waals surface area (Å²) in [5.74, 6) is 0. The fraction of sp³-hybridized carbons (Fsp3) is 0.0769. The second kappa shape index (κ2) is 3.07. The normalized spacial score (nSPS) is 10.8. The van der Waals surface area contributed by atoms with Crippen molar-refractivity contribution >= 4 is 21.9 Å². The predicted octanol–water partition coefficient (Wildman–Crippen LogP) is 2.90. The zero-order valence-corrected chi connectivity index (χ0v) is 8.78. The van der Waals surface area contributed by atoms with Crippen LogP contribution in [0.15, 0.2) is 30.3 Å². The molecule has 0 fully saturated rings. The van der Waals surface area contributed by atoms with E-state index >= 15 is 0 Å². The number of aryl methyl sites for hydroxylation is 1. The van der Waals surface area contributed by atoms with Crippen LogP contribution in [0.2, 0.25) is 0 Å². The Morgan fingerprint density at radius 1 is 1.19 bits per heavy atom. The Hall–Kier alpha value is -2.34. The van der Waals surface area contributed by atoms with Crippen molar-refractivity contribution in [1.82, 2.24) is 9.97 Å². The summed E-state index contributed by atoms with van der Waals surface area (Å²) < 4.78 is 0. The van der Waals surface area contributed by atoms with E-state index in [-0.39, 0.29) is 0 Å². The van der Waals surface area contributed by atoms with Gasteiger partial charge in [0.1, 0.15) is 5.65 Å². The molecule has 1 aromatic carbocycles.